The van der Waals surface area contributed by atoms with Crippen molar-refractivity contribution in [1.82, 2.24) is 4.98 Å². The van der Waals surface area contributed by atoms with Crippen LogP contribution in [-0.4, -0.2) is 17.3 Å². The molecule has 3 nitrogen and oxygen atoms in total. The highest BCUT2D eigenvalue weighted by atomic mass is 16.1. The lowest BCUT2D eigenvalue weighted by Gasteiger charge is -2.29. The van der Waals surface area contributed by atoms with Crippen LogP contribution < -0.4 is 4.90 Å². The molecule has 1 aliphatic rings. The van der Waals surface area contributed by atoms with Gasteiger partial charge in [0, 0.05) is 30.2 Å². The smallest absolute Gasteiger partial charge is 0.183 e. The molecule has 0 fully saturated rings. The fraction of sp³-hybridized carbons (Fsp3) is 0.143. The number of aromatic nitrogens is 1. The van der Waals surface area contributed by atoms with Crippen molar-refractivity contribution in [1.29, 1.82) is 0 Å². The Morgan fingerprint density at radius 1 is 1.06 bits per heavy atom. The third-order valence-electron chi connectivity index (χ3n) is 3.03. The summed E-state index contributed by atoms with van der Waals surface area (Å²) in [6, 6.07) is 11.9. The van der Waals surface area contributed by atoms with E-state index in [4.69, 9.17) is 0 Å². The normalized spacial score (nSPS) is 14.6. The van der Waals surface area contributed by atoms with Crippen molar-refractivity contribution in [2.45, 2.75) is 6.54 Å². The van der Waals surface area contributed by atoms with E-state index in [2.05, 4.69) is 9.88 Å². The molecule has 0 spiro atoms. The molecule has 2 aromatic rings. The van der Waals surface area contributed by atoms with Gasteiger partial charge in [0.1, 0.15) is 0 Å². The van der Waals surface area contributed by atoms with Crippen molar-refractivity contribution in [2.24, 2.45) is 0 Å². The number of hydrogen-bond donors (Lipinski definition) is 0. The van der Waals surface area contributed by atoms with Crippen LogP contribution in [0, 0.1) is 0 Å². The zero-order valence-corrected chi connectivity index (χ0v) is 9.34. The van der Waals surface area contributed by atoms with E-state index >= 15 is 0 Å². The molecule has 0 saturated heterocycles. The summed E-state index contributed by atoms with van der Waals surface area (Å²) in [5.41, 5.74) is 2.91. The van der Waals surface area contributed by atoms with Crippen molar-refractivity contribution in [3.05, 3.63) is 59.9 Å². The predicted octanol–water partition coefficient (Wildman–Crippen LogP) is 2.28. The molecular weight excluding hydrogens is 212 g/mol. The molecule has 2 heterocycles. The number of benzene rings is 1. The topological polar surface area (TPSA) is 33.2 Å². The monoisotopic (exact) mass is 224 g/mol. The largest absolute Gasteiger partial charge is 0.359 e. The number of Topliss-reactive ketones (excluding diaryl/α,β-unsaturated/α-hetero) is 1. The van der Waals surface area contributed by atoms with Crippen LogP contribution in [-0.2, 0) is 6.54 Å². The first-order valence-electron chi connectivity index (χ1n) is 5.61. The minimum atomic E-state index is 0.142. The highest BCUT2D eigenvalue weighted by Gasteiger charge is 2.22. The second-order valence-corrected chi connectivity index (χ2v) is 4.15. The van der Waals surface area contributed by atoms with Gasteiger partial charge in [0.15, 0.2) is 5.78 Å². The molecule has 17 heavy (non-hydrogen) atoms. The minimum absolute atomic E-state index is 0.142. The van der Waals surface area contributed by atoms with E-state index in [9.17, 15) is 4.79 Å². The van der Waals surface area contributed by atoms with Crippen LogP contribution in [0.25, 0.3) is 0 Å². The first-order chi connectivity index (χ1) is 8.34. The molecule has 0 saturated carbocycles. The van der Waals surface area contributed by atoms with Gasteiger partial charge in [-0.3, -0.25) is 9.78 Å². The van der Waals surface area contributed by atoms with Gasteiger partial charge in [-0.15, -0.1) is 0 Å². The molecule has 0 aliphatic carbocycles. The molecular formula is C14H12N2O. The van der Waals surface area contributed by atoms with E-state index in [1.54, 1.807) is 12.4 Å². The van der Waals surface area contributed by atoms with Crippen LogP contribution in [0.4, 0.5) is 5.69 Å². The molecule has 0 N–H and O–H groups in total. The maximum absolute atomic E-state index is 12.0. The molecule has 0 amide bonds. The molecule has 3 rings (SSSR count). The lowest BCUT2D eigenvalue weighted by atomic mass is 10.0. The highest BCUT2D eigenvalue weighted by molar-refractivity contribution is 6.01. The van der Waals surface area contributed by atoms with E-state index in [0.717, 1.165) is 23.4 Å². The Morgan fingerprint density at radius 2 is 1.88 bits per heavy atom. The molecule has 0 unspecified atom stereocenters. The Morgan fingerprint density at radius 3 is 2.71 bits per heavy atom. The van der Waals surface area contributed by atoms with Gasteiger partial charge < -0.3 is 4.90 Å². The second-order valence-electron chi connectivity index (χ2n) is 4.15. The molecule has 0 radical (unpaired) electrons. The van der Waals surface area contributed by atoms with Crippen LogP contribution in [0.15, 0.2) is 48.8 Å². The fourth-order valence-electron chi connectivity index (χ4n) is 2.15. The van der Waals surface area contributed by atoms with Crippen LogP contribution in [0.5, 0.6) is 0 Å². The van der Waals surface area contributed by atoms with Crippen LogP contribution in [0.2, 0.25) is 0 Å². The van der Waals surface area contributed by atoms with Gasteiger partial charge in [0.25, 0.3) is 0 Å². The third kappa shape index (κ3) is 1.80. The number of ketones is 1. The second kappa shape index (κ2) is 4.01. The van der Waals surface area contributed by atoms with E-state index in [-0.39, 0.29) is 5.78 Å². The average molecular weight is 224 g/mol. The zero-order valence-electron chi connectivity index (χ0n) is 9.34. The van der Waals surface area contributed by atoms with E-state index in [1.807, 2.05) is 36.4 Å². The van der Waals surface area contributed by atoms with Gasteiger partial charge >= 0.3 is 0 Å². The Kier molecular flexibility index (Phi) is 2.37. The maximum atomic E-state index is 12.0. The van der Waals surface area contributed by atoms with E-state index in [1.165, 1.54) is 0 Å². The van der Waals surface area contributed by atoms with E-state index < -0.39 is 0 Å². The van der Waals surface area contributed by atoms with Gasteiger partial charge in [0.05, 0.1) is 6.54 Å². The summed E-state index contributed by atoms with van der Waals surface area (Å²) in [6.07, 6.45) is 3.40. The Balaban J connectivity index is 1.97. The fourth-order valence-corrected chi connectivity index (χ4v) is 2.15. The lowest BCUT2D eigenvalue weighted by Crippen LogP contribution is -2.35. The molecule has 1 aromatic heterocycles. The molecule has 1 aliphatic heterocycles. The van der Waals surface area contributed by atoms with Crippen LogP contribution >= 0.6 is 0 Å². The predicted molar refractivity (Wildman–Crippen MR) is 66.1 cm³/mol. The highest BCUT2D eigenvalue weighted by Crippen LogP contribution is 2.23. The van der Waals surface area contributed by atoms with Gasteiger partial charge in [-0.25, -0.2) is 0 Å². The lowest BCUT2D eigenvalue weighted by molar-refractivity contribution is 0.0991. The van der Waals surface area contributed by atoms with Crippen molar-refractivity contribution < 1.29 is 4.79 Å². The summed E-state index contributed by atoms with van der Waals surface area (Å²) in [7, 11) is 0. The molecule has 0 bridgehead atoms. The summed E-state index contributed by atoms with van der Waals surface area (Å²) < 4.78 is 0. The number of para-hydroxylation sites is 1. The standard InChI is InChI=1S/C14H12N2O/c17-14-10-16(12-4-2-1-3-5-12)9-11-6-7-15-8-13(11)14/h1-8H,9-10H2. The van der Waals surface area contributed by atoms with Crippen LogP contribution in [0.1, 0.15) is 15.9 Å². The molecule has 1 aromatic carbocycles. The number of anilines is 1. The van der Waals surface area contributed by atoms with Gasteiger partial charge in [-0.1, -0.05) is 18.2 Å². The summed E-state index contributed by atoms with van der Waals surface area (Å²) in [5, 5.41) is 0. The Labute approximate surface area is 99.7 Å². The van der Waals surface area contributed by atoms with Crippen LogP contribution in [0.3, 0.4) is 0 Å². The zero-order chi connectivity index (χ0) is 11.7. The molecule has 0 atom stereocenters. The SMILES string of the molecule is O=C1CN(c2ccccc2)Cc2ccncc21. The number of fused-ring (bicyclic) bond motifs is 1. The Hall–Kier alpha value is -2.16. The summed E-state index contributed by atoms with van der Waals surface area (Å²) >= 11 is 0. The first kappa shape index (κ1) is 10.0. The molecule has 84 valence electrons. The Bertz CT molecular complexity index is 551. The van der Waals surface area contributed by atoms with Crippen molar-refractivity contribution in [2.75, 3.05) is 11.4 Å². The number of rotatable bonds is 1. The number of pyridine rings is 1. The molecule has 3 heteroatoms. The average Bonchev–Trinajstić information content (AvgIpc) is 2.40. The first-order valence-corrected chi connectivity index (χ1v) is 5.61. The maximum Gasteiger partial charge on any atom is 0.183 e. The third-order valence-corrected chi connectivity index (χ3v) is 3.03. The van der Waals surface area contributed by atoms with Gasteiger partial charge in [-0.05, 0) is 23.8 Å². The number of nitrogens with zero attached hydrogens (tertiary/aromatic N) is 2. The number of hydrogen-bond acceptors (Lipinski definition) is 3. The van der Waals surface area contributed by atoms with Crippen molar-refractivity contribution >= 4 is 11.5 Å². The number of carbonyl (C=O) groups is 1. The summed E-state index contributed by atoms with van der Waals surface area (Å²) in [4.78, 5) is 18.1. The quantitative estimate of drug-likeness (QED) is 0.745. The minimum Gasteiger partial charge on any atom is -0.359 e. The number of carbonyl (C=O) groups excluding carboxylic acids is 1. The van der Waals surface area contributed by atoms with E-state index in [0.29, 0.717) is 6.54 Å². The van der Waals surface area contributed by atoms with Crippen molar-refractivity contribution in [3.63, 3.8) is 0 Å². The van der Waals surface area contributed by atoms with Crippen molar-refractivity contribution in [3.8, 4) is 0 Å². The van der Waals surface area contributed by atoms with Gasteiger partial charge in [-0.2, -0.15) is 0 Å². The van der Waals surface area contributed by atoms with Gasteiger partial charge in [0.2, 0.25) is 0 Å². The summed E-state index contributed by atoms with van der Waals surface area (Å²) in [6.45, 7) is 1.20. The summed E-state index contributed by atoms with van der Waals surface area (Å²) in [5.74, 6) is 0.142.